The van der Waals surface area contributed by atoms with Gasteiger partial charge in [0.25, 0.3) is 0 Å². The smallest absolute Gasteiger partial charge is 0.133 e. The fraction of sp³-hybridized carbons (Fsp3) is 0.135. The van der Waals surface area contributed by atoms with Crippen molar-refractivity contribution in [1.82, 2.24) is 5.32 Å². The number of aliphatic imine (C=N–C) groups is 1. The lowest BCUT2D eigenvalue weighted by atomic mass is 9.64. The molecule has 1 heterocycles. The maximum Gasteiger partial charge on any atom is 0.133 e. The zero-order valence-electron chi connectivity index (χ0n) is 30.6. The Morgan fingerprint density at radius 1 is 0.648 bits per heavy atom. The molecule has 1 N–H and O–H groups in total. The van der Waals surface area contributed by atoms with Crippen LogP contribution in [0.3, 0.4) is 0 Å². The Bertz CT molecular complexity index is 2590. The van der Waals surface area contributed by atoms with Gasteiger partial charge in [0.2, 0.25) is 0 Å². The monoisotopic (exact) mass is 694 g/mol. The molecular weight excluding hydrogens is 653 g/mol. The summed E-state index contributed by atoms with van der Waals surface area (Å²) < 4.78 is 0. The second-order valence-corrected chi connectivity index (χ2v) is 15.1. The predicted molar refractivity (Wildman–Crippen MR) is 226 cm³/mol. The van der Waals surface area contributed by atoms with Crippen LogP contribution >= 0.6 is 0 Å². The topological polar surface area (TPSA) is 24.4 Å². The summed E-state index contributed by atoms with van der Waals surface area (Å²) in [6.45, 7) is 6.81. The molecule has 2 atom stereocenters. The van der Waals surface area contributed by atoms with E-state index in [9.17, 15) is 0 Å². The van der Waals surface area contributed by atoms with E-state index in [0.717, 1.165) is 48.1 Å². The standard InChI is InChI=1S/C52H42N2/c1-3-41-45-30-29-38(37-20-16-23-40(31-37)51(39-21-8-5-9-22-39)33-49(53-34-54-51)36-18-6-4-7-19-36)32-48(45)52(50(41)42-24-11-10-17-35(42)2)46-27-14-12-25-43(46)44-26-13-15-28-47(44)52/h3-9,11-14,16,18-27,29-34H,1,10,15,17,28H2,2H3,(H,53,54). The molecular formula is C52H42N2. The highest BCUT2D eigenvalue weighted by molar-refractivity contribution is 6.01. The van der Waals surface area contributed by atoms with Gasteiger partial charge < -0.3 is 5.32 Å². The van der Waals surface area contributed by atoms with Crippen molar-refractivity contribution >= 4 is 23.2 Å². The fourth-order valence-electron chi connectivity index (χ4n) is 9.87. The van der Waals surface area contributed by atoms with E-state index in [1.54, 1.807) is 0 Å². The summed E-state index contributed by atoms with van der Waals surface area (Å²) in [7, 11) is 0. The molecule has 2 nitrogen and oxygen atoms in total. The molecule has 10 rings (SSSR count). The molecule has 0 radical (unpaired) electrons. The summed E-state index contributed by atoms with van der Waals surface area (Å²) in [4.78, 5) is 5.23. The molecule has 0 saturated heterocycles. The zero-order valence-corrected chi connectivity index (χ0v) is 30.6. The van der Waals surface area contributed by atoms with Crippen LogP contribution in [-0.2, 0) is 11.0 Å². The summed E-state index contributed by atoms with van der Waals surface area (Å²) in [6, 6.07) is 46.6. The Labute approximate surface area is 318 Å². The van der Waals surface area contributed by atoms with Gasteiger partial charge in [-0.25, -0.2) is 0 Å². The number of nitrogens with zero attached hydrogens (tertiary/aromatic N) is 1. The van der Waals surface area contributed by atoms with E-state index in [1.165, 1.54) is 66.8 Å². The van der Waals surface area contributed by atoms with E-state index >= 15 is 0 Å². The summed E-state index contributed by atoms with van der Waals surface area (Å²) in [5, 5.41) is 3.45. The van der Waals surface area contributed by atoms with Crippen molar-refractivity contribution in [2.24, 2.45) is 4.99 Å². The molecule has 2 unspecified atom stereocenters. The van der Waals surface area contributed by atoms with Crippen LogP contribution < -0.4 is 5.32 Å². The lowest BCUT2D eigenvalue weighted by Gasteiger charge is -2.37. The molecule has 1 spiro atoms. The largest absolute Gasteiger partial charge is 0.346 e. The number of hydrogen-bond acceptors (Lipinski definition) is 2. The van der Waals surface area contributed by atoms with E-state index in [4.69, 9.17) is 4.99 Å². The van der Waals surface area contributed by atoms with Crippen LogP contribution in [0, 0.1) is 0 Å². The van der Waals surface area contributed by atoms with Crippen molar-refractivity contribution in [3.8, 4) is 11.1 Å². The Morgan fingerprint density at radius 2 is 1.35 bits per heavy atom. The second kappa shape index (κ2) is 12.7. The first-order chi connectivity index (χ1) is 26.6. The molecule has 260 valence electrons. The Balaban J connectivity index is 1.19. The number of benzene rings is 5. The highest BCUT2D eigenvalue weighted by Gasteiger charge is 2.54. The summed E-state index contributed by atoms with van der Waals surface area (Å²) in [5.41, 5.74) is 19.5. The van der Waals surface area contributed by atoms with Gasteiger partial charge in [0.15, 0.2) is 0 Å². The molecule has 5 aromatic carbocycles. The molecule has 0 amide bonds. The third-order valence-corrected chi connectivity index (χ3v) is 12.3. The maximum absolute atomic E-state index is 5.23. The number of allylic oxidation sites excluding steroid dienone is 11. The Kier molecular flexibility index (Phi) is 7.63. The predicted octanol–water partition coefficient (Wildman–Crippen LogP) is 12.3. The average Bonchev–Trinajstić information content (AvgIpc) is 3.71. The van der Waals surface area contributed by atoms with Gasteiger partial charge in [-0.2, -0.15) is 0 Å². The van der Waals surface area contributed by atoms with Crippen LogP contribution in [0.4, 0.5) is 0 Å². The molecule has 0 bridgehead atoms. The fourth-order valence-corrected chi connectivity index (χ4v) is 9.87. The van der Waals surface area contributed by atoms with Gasteiger partial charge in [0.1, 0.15) is 5.54 Å². The molecule has 5 aromatic rings. The number of fused-ring (bicyclic) bond motifs is 6. The quantitative estimate of drug-likeness (QED) is 0.188. The van der Waals surface area contributed by atoms with E-state index in [2.05, 4.69) is 183 Å². The highest BCUT2D eigenvalue weighted by atomic mass is 15.0. The van der Waals surface area contributed by atoms with Gasteiger partial charge in [-0.05, 0) is 129 Å². The molecule has 1 aliphatic heterocycles. The van der Waals surface area contributed by atoms with Gasteiger partial charge in [0, 0.05) is 5.70 Å². The van der Waals surface area contributed by atoms with Crippen LogP contribution in [0.2, 0.25) is 0 Å². The summed E-state index contributed by atoms with van der Waals surface area (Å²) >= 11 is 0. The average molecular weight is 695 g/mol. The molecule has 4 aliphatic carbocycles. The third kappa shape index (κ3) is 4.69. The van der Waals surface area contributed by atoms with Gasteiger partial charge in [-0.1, -0.05) is 158 Å². The highest BCUT2D eigenvalue weighted by Crippen LogP contribution is 2.65. The van der Waals surface area contributed by atoms with Gasteiger partial charge in [-0.3, -0.25) is 4.99 Å². The molecule has 0 fully saturated rings. The van der Waals surface area contributed by atoms with Crippen molar-refractivity contribution in [3.63, 3.8) is 0 Å². The van der Waals surface area contributed by atoms with Crippen molar-refractivity contribution in [3.05, 3.63) is 232 Å². The Hall–Kier alpha value is -6.25. The molecule has 2 heteroatoms. The normalized spacial score (nSPS) is 22.3. The van der Waals surface area contributed by atoms with Crippen molar-refractivity contribution < 1.29 is 0 Å². The van der Waals surface area contributed by atoms with E-state index in [0.29, 0.717) is 0 Å². The Morgan fingerprint density at radius 3 is 2.17 bits per heavy atom. The number of hydrogen-bond donors (Lipinski definition) is 1. The molecule has 0 saturated carbocycles. The van der Waals surface area contributed by atoms with Crippen LogP contribution in [0.5, 0.6) is 0 Å². The molecule has 5 aliphatic rings. The van der Waals surface area contributed by atoms with Crippen LogP contribution in [0.25, 0.3) is 28.0 Å². The molecule has 54 heavy (non-hydrogen) atoms. The minimum Gasteiger partial charge on any atom is -0.346 e. The molecule has 0 aromatic heterocycles. The van der Waals surface area contributed by atoms with Crippen molar-refractivity contribution in [2.45, 2.75) is 43.6 Å². The van der Waals surface area contributed by atoms with Gasteiger partial charge >= 0.3 is 0 Å². The zero-order chi connectivity index (χ0) is 36.3. The first-order valence-electron chi connectivity index (χ1n) is 19.3. The van der Waals surface area contributed by atoms with Crippen LogP contribution in [-0.4, -0.2) is 6.34 Å². The van der Waals surface area contributed by atoms with E-state index < -0.39 is 5.54 Å². The summed E-state index contributed by atoms with van der Waals surface area (Å²) in [6.07, 6.45) is 20.0. The van der Waals surface area contributed by atoms with Gasteiger partial charge in [0.05, 0.1) is 11.8 Å². The minimum atomic E-state index is -0.702. The van der Waals surface area contributed by atoms with E-state index in [1.807, 2.05) is 6.34 Å². The van der Waals surface area contributed by atoms with Crippen molar-refractivity contribution in [1.29, 1.82) is 0 Å². The lowest BCUT2D eigenvalue weighted by Crippen LogP contribution is -2.31. The van der Waals surface area contributed by atoms with Crippen LogP contribution in [0.15, 0.2) is 198 Å². The first kappa shape index (κ1) is 32.4. The number of rotatable bonds is 6. The van der Waals surface area contributed by atoms with Crippen LogP contribution in [0.1, 0.15) is 71.6 Å². The lowest BCUT2D eigenvalue weighted by molar-refractivity contribution is 0.677. The van der Waals surface area contributed by atoms with E-state index in [-0.39, 0.29) is 5.41 Å². The minimum absolute atomic E-state index is 0.390. The first-order valence-corrected chi connectivity index (χ1v) is 19.3. The summed E-state index contributed by atoms with van der Waals surface area (Å²) in [5.74, 6) is 0. The van der Waals surface area contributed by atoms with Gasteiger partial charge in [-0.15, -0.1) is 0 Å². The third-order valence-electron chi connectivity index (χ3n) is 12.3. The second-order valence-electron chi connectivity index (χ2n) is 15.1. The maximum atomic E-state index is 5.23. The number of nitrogens with one attached hydrogen (secondary N) is 1. The van der Waals surface area contributed by atoms with Crippen molar-refractivity contribution in [2.75, 3.05) is 0 Å². The SMILES string of the molecule is C=CC1=C(C2=C(C)CCC=C2)C2(C3=C(C=CCC3)c3ccccc32)c2cc(-c3cccc(C4(c5ccccc5)C=C(c5ccccc5)NC=N4)c3)ccc21.